The van der Waals surface area contributed by atoms with Crippen LogP contribution in [0.1, 0.15) is 75.8 Å². The van der Waals surface area contributed by atoms with E-state index in [1.54, 1.807) is 0 Å². The molecule has 2 heterocycles. The van der Waals surface area contributed by atoms with Crippen LogP contribution in [0.25, 0.3) is 0 Å². The summed E-state index contributed by atoms with van der Waals surface area (Å²) in [5.74, 6) is 1.59. The maximum absolute atomic E-state index is 13.2. The Bertz CT molecular complexity index is 700. The zero-order valence-corrected chi connectivity index (χ0v) is 20.1. The highest BCUT2D eigenvalue weighted by atomic mass is 16.2. The highest BCUT2D eigenvalue weighted by molar-refractivity contribution is 5.76. The second-order valence-corrected chi connectivity index (χ2v) is 10.5. The molecule has 0 N–H and O–H groups in total. The number of carbonyl (C=O) groups excluding carboxylic acids is 1. The van der Waals surface area contributed by atoms with Crippen molar-refractivity contribution < 1.29 is 4.79 Å². The number of rotatable bonds is 5. The summed E-state index contributed by atoms with van der Waals surface area (Å²) in [7, 11) is 0. The molecule has 0 aromatic heterocycles. The lowest BCUT2D eigenvalue weighted by Gasteiger charge is -2.45. The van der Waals surface area contributed by atoms with Crippen LogP contribution in [0.3, 0.4) is 0 Å². The van der Waals surface area contributed by atoms with Gasteiger partial charge < -0.3 is 4.90 Å². The van der Waals surface area contributed by atoms with Crippen LogP contribution < -0.4 is 0 Å². The number of likely N-dealkylation sites (tertiary alicyclic amines) is 1. The van der Waals surface area contributed by atoms with Gasteiger partial charge in [0.05, 0.1) is 0 Å². The molecule has 1 aromatic rings. The normalized spacial score (nSPS) is 27.0. The van der Waals surface area contributed by atoms with E-state index >= 15 is 0 Å². The average molecular weight is 426 g/mol. The number of benzene rings is 1. The zero-order valence-electron chi connectivity index (χ0n) is 20.1. The third kappa shape index (κ3) is 5.70. The second kappa shape index (κ2) is 10.5. The summed E-state index contributed by atoms with van der Waals surface area (Å²) < 4.78 is 0. The van der Waals surface area contributed by atoms with Gasteiger partial charge in [0, 0.05) is 57.8 Å². The highest BCUT2D eigenvalue weighted by Gasteiger charge is 2.35. The van der Waals surface area contributed by atoms with Gasteiger partial charge in [-0.15, -0.1) is 0 Å². The molecular formula is C27H43N3O. The molecule has 1 aliphatic carbocycles. The molecule has 0 bridgehead atoms. The van der Waals surface area contributed by atoms with Crippen LogP contribution in [-0.4, -0.2) is 72.0 Å². The Morgan fingerprint density at radius 1 is 0.903 bits per heavy atom. The molecule has 2 saturated heterocycles. The zero-order chi connectivity index (χ0) is 21.8. The number of piperazine rings is 1. The maximum Gasteiger partial charge on any atom is 0.222 e. The molecule has 31 heavy (non-hydrogen) atoms. The van der Waals surface area contributed by atoms with Crippen molar-refractivity contribution in [3.63, 3.8) is 0 Å². The van der Waals surface area contributed by atoms with Crippen molar-refractivity contribution in [1.82, 2.24) is 14.7 Å². The van der Waals surface area contributed by atoms with Gasteiger partial charge in [0.2, 0.25) is 5.91 Å². The molecule has 4 nitrogen and oxygen atoms in total. The van der Waals surface area contributed by atoms with Gasteiger partial charge in [0.25, 0.3) is 0 Å². The Balaban J connectivity index is 1.28. The molecule has 4 rings (SSSR count). The Labute approximate surface area is 190 Å². The van der Waals surface area contributed by atoms with Crippen molar-refractivity contribution in [3.8, 4) is 0 Å². The summed E-state index contributed by atoms with van der Waals surface area (Å²) in [6.07, 6.45) is 8.15. The number of nitrogens with zero attached hydrogens (tertiary/aromatic N) is 3. The molecule has 4 heteroatoms. The maximum atomic E-state index is 13.2. The fourth-order valence-electron chi connectivity index (χ4n) is 6.15. The molecule has 3 aliphatic rings. The van der Waals surface area contributed by atoms with Crippen molar-refractivity contribution in [2.45, 2.75) is 83.7 Å². The summed E-state index contributed by atoms with van der Waals surface area (Å²) in [4.78, 5) is 20.7. The fourth-order valence-corrected chi connectivity index (χ4v) is 6.15. The molecule has 3 fully saturated rings. The Hall–Kier alpha value is -1.39. The SMILES string of the molecule is Cc1ccc(C2CCN(C(=O)C[C@H]3CCCCC3N3CCN(C(C)C)CC3)CC2)cc1. The van der Waals surface area contributed by atoms with E-state index in [1.807, 2.05) is 0 Å². The third-order valence-corrected chi connectivity index (χ3v) is 8.25. The van der Waals surface area contributed by atoms with Crippen LogP contribution in [0.15, 0.2) is 24.3 Å². The van der Waals surface area contributed by atoms with Crippen molar-refractivity contribution in [1.29, 1.82) is 0 Å². The van der Waals surface area contributed by atoms with E-state index in [9.17, 15) is 4.79 Å². The van der Waals surface area contributed by atoms with Crippen molar-refractivity contribution in [3.05, 3.63) is 35.4 Å². The van der Waals surface area contributed by atoms with Crippen LogP contribution in [-0.2, 0) is 4.79 Å². The Morgan fingerprint density at radius 3 is 2.19 bits per heavy atom. The van der Waals surface area contributed by atoms with Gasteiger partial charge in [-0.1, -0.05) is 42.7 Å². The van der Waals surface area contributed by atoms with E-state index in [-0.39, 0.29) is 0 Å². The van der Waals surface area contributed by atoms with Crippen LogP contribution >= 0.6 is 0 Å². The standard InChI is InChI=1S/C27H43N3O/c1-21(2)28-16-18-29(19-17-28)26-7-5-4-6-25(26)20-27(31)30-14-12-24(13-15-30)23-10-8-22(3)9-11-23/h8-11,21,24-26H,4-7,12-20H2,1-3H3/t25-,26?/m1/s1. The first-order valence-electron chi connectivity index (χ1n) is 12.8. The highest BCUT2D eigenvalue weighted by Crippen LogP contribution is 2.33. The Kier molecular flexibility index (Phi) is 7.71. The lowest BCUT2D eigenvalue weighted by atomic mass is 9.80. The van der Waals surface area contributed by atoms with E-state index < -0.39 is 0 Å². The summed E-state index contributed by atoms with van der Waals surface area (Å²) >= 11 is 0. The first-order chi connectivity index (χ1) is 15.0. The van der Waals surface area contributed by atoms with Crippen LogP contribution in [0.4, 0.5) is 0 Å². The number of carbonyl (C=O) groups is 1. The molecule has 1 saturated carbocycles. The summed E-state index contributed by atoms with van der Waals surface area (Å²) in [5.41, 5.74) is 2.77. The quantitative estimate of drug-likeness (QED) is 0.685. The number of piperidine rings is 1. The van der Waals surface area contributed by atoms with E-state index in [0.29, 0.717) is 29.8 Å². The minimum atomic E-state index is 0.417. The van der Waals surface area contributed by atoms with E-state index in [0.717, 1.165) is 32.4 Å². The van der Waals surface area contributed by atoms with Gasteiger partial charge in [0.1, 0.15) is 0 Å². The molecule has 2 aliphatic heterocycles. The molecule has 0 radical (unpaired) electrons. The number of hydrogen-bond donors (Lipinski definition) is 0. The minimum Gasteiger partial charge on any atom is -0.343 e. The molecule has 1 unspecified atom stereocenters. The molecule has 1 amide bonds. The molecule has 1 aromatic carbocycles. The number of aryl methyl sites for hydroxylation is 1. The Morgan fingerprint density at radius 2 is 1.55 bits per heavy atom. The molecule has 2 atom stereocenters. The van der Waals surface area contributed by atoms with Crippen molar-refractivity contribution >= 4 is 5.91 Å². The minimum absolute atomic E-state index is 0.417. The van der Waals surface area contributed by atoms with Gasteiger partial charge in [0.15, 0.2) is 0 Å². The first kappa shape index (κ1) is 22.8. The van der Waals surface area contributed by atoms with E-state index in [4.69, 9.17) is 0 Å². The second-order valence-electron chi connectivity index (χ2n) is 10.5. The average Bonchev–Trinajstić information content (AvgIpc) is 2.80. The van der Waals surface area contributed by atoms with E-state index in [1.165, 1.54) is 63.0 Å². The topological polar surface area (TPSA) is 26.8 Å². The third-order valence-electron chi connectivity index (χ3n) is 8.25. The van der Waals surface area contributed by atoms with Crippen molar-refractivity contribution in [2.75, 3.05) is 39.3 Å². The first-order valence-corrected chi connectivity index (χ1v) is 12.8. The van der Waals surface area contributed by atoms with Crippen molar-refractivity contribution in [2.24, 2.45) is 5.92 Å². The van der Waals surface area contributed by atoms with Crippen LogP contribution in [0, 0.1) is 12.8 Å². The summed E-state index contributed by atoms with van der Waals surface area (Å²) in [6, 6.07) is 10.3. The lowest BCUT2D eigenvalue weighted by molar-refractivity contribution is -0.134. The van der Waals surface area contributed by atoms with Gasteiger partial charge in [-0.05, 0) is 63.9 Å². The molecular weight excluding hydrogens is 382 g/mol. The number of hydrogen-bond acceptors (Lipinski definition) is 3. The predicted molar refractivity (Wildman–Crippen MR) is 128 cm³/mol. The molecule has 0 spiro atoms. The van der Waals surface area contributed by atoms with Gasteiger partial charge >= 0.3 is 0 Å². The predicted octanol–water partition coefficient (Wildman–Crippen LogP) is 4.68. The van der Waals surface area contributed by atoms with Gasteiger partial charge in [-0.2, -0.15) is 0 Å². The van der Waals surface area contributed by atoms with Gasteiger partial charge in [-0.3, -0.25) is 14.6 Å². The number of amides is 1. The monoisotopic (exact) mass is 425 g/mol. The van der Waals surface area contributed by atoms with E-state index in [2.05, 4.69) is 59.7 Å². The fraction of sp³-hybridized carbons (Fsp3) is 0.741. The summed E-state index contributed by atoms with van der Waals surface area (Å²) in [5, 5.41) is 0. The summed E-state index contributed by atoms with van der Waals surface area (Å²) in [6.45, 7) is 13.3. The van der Waals surface area contributed by atoms with Crippen LogP contribution in [0.2, 0.25) is 0 Å². The lowest BCUT2D eigenvalue weighted by Crippen LogP contribution is -2.54. The van der Waals surface area contributed by atoms with Crippen LogP contribution in [0.5, 0.6) is 0 Å². The molecule has 172 valence electrons. The largest absolute Gasteiger partial charge is 0.343 e. The smallest absolute Gasteiger partial charge is 0.222 e. The van der Waals surface area contributed by atoms with Gasteiger partial charge in [-0.25, -0.2) is 0 Å².